The van der Waals surface area contributed by atoms with Crippen molar-refractivity contribution in [3.8, 4) is 6.07 Å². The summed E-state index contributed by atoms with van der Waals surface area (Å²) in [6.45, 7) is 0.940. The molecule has 0 spiro atoms. The van der Waals surface area contributed by atoms with Gasteiger partial charge in [-0.15, -0.1) is 0 Å². The molecule has 0 N–H and O–H groups in total. The Labute approximate surface area is 114 Å². The quantitative estimate of drug-likeness (QED) is 0.705. The van der Waals surface area contributed by atoms with Gasteiger partial charge in [0.1, 0.15) is 0 Å². The smallest absolute Gasteiger partial charge is 0.0621 e. The minimum Gasteiger partial charge on any atom is -0.341 e. The van der Waals surface area contributed by atoms with Gasteiger partial charge < -0.3 is 4.90 Å². The van der Waals surface area contributed by atoms with Crippen LogP contribution in [-0.4, -0.2) is 6.54 Å². The van der Waals surface area contributed by atoms with Crippen molar-refractivity contribution in [2.75, 3.05) is 11.4 Å². The number of unbranched alkanes of at least 4 members (excludes halogenated alkanes) is 2. The van der Waals surface area contributed by atoms with Crippen molar-refractivity contribution in [1.82, 2.24) is 0 Å². The molecule has 0 heterocycles. The van der Waals surface area contributed by atoms with Gasteiger partial charge in [-0.1, -0.05) is 36.4 Å². The fourth-order valence-corrected chi connectivity index (χ4v) is 2.10. The van der Waals surface area contributed by atoms with Gasteiger partial charge in [0.05, 0.1) is 6.07 Å². The largest absolute Gasteiger partial charge is 0.341 e. The van der Waals surface area contributed by atoms with E-state index in [2.05, 4.69) is 59.5 Å². The molecular weight excluding hydrogens is 232 g/mol. The minimum absolute atomic E-state index is 0.636. The average Bonchev–Trinajstić information content (AvgIpc) is 2.49. The molecule has 0 unspecified atom stereocenters. The van der Waals surface area contributed by atoms with Gasteiger partial charge in [-0.05, 0) is 37.1 Å². The van der Waals surface area contributed by atoms with Crippen molar-refractivity contribution in [3.05, 3.63) is 60.7 Å². The molecule has 0 aliphatic heterocycles. The Bertz CT molecular complexity index is 474. The lowest BCUT2D eigenvalue weighted by molar-refractivity contribution is 0.749. The summed E-state index contributed by atoms with van der Waals surface area (Å²) in [6, 6.07) is 23.0. The second-order valence-electron chi connectivity index (χ2n) is 4.44. The molecule has 0 aliphatic rings. The third-order valence-electron chi connectivity index (χ3n) is 3.06. The van der Waals surface area contributed by atoms with Crippen molar-refractivity contribution in [3.63, 3.8) is 0 Å². The summed E-state index contributed by atoms with van der Waals surface area (Å²) in [5, 5.41) is 8.60. The van der Waals surface area contributed by atoms with Crippen LogP contribution in [0.4, 0.5) is 11.4 Å². The van der Waals surface area contributed by atoms with E-state index in [1.807, 2.05) is 12.1 Å². The van der Waals surface area contributed by atoms with Crippen LogP contribution in [0.3, 0.4) is 0 Å². The van der Waals surface area contributed by atoms with Crippen molar-refractivity contribution < 1.29 is 0 Å². The molecule has 0 atom stereocenters. The van der Waals surface area contributed by atoms with Crippen LogP contribution >= 0.6 is 0 Å². The van der Waals surface area contributed by atoms with E-state index < -0.39 is 0 Å². The Morgan fingerprint density at radius 2 is 1.32 bits per heavy atom. The van der Waals surface area contributed by atoms with Crippen LogP contribution < -0.4 is 4.90 Å². The Morgan fingerprint density at radius 1 is 0.789 bits per heavy atom. The van der Waals surface area contributed by atoms with Gasteiger partial charge in [0.25, 0.3) is 0 Å². The molecule has 2 rings (SSSR count). The van der Waals surface area contributed by atoms with Crippen LogP contribution in [0.15, 0.2) is 60.7 Å². The van der Waals surface area contributed by atoms with E-state index in [4.69, 9.17) is 5.26 Å². The number of benzene rings is 2. The first-order chi connectivity index (χ1) is 9.42. The molecule has 0 radical (unpaired) electrons. The summed E-state index contributed by atoms with van der Waals surface area (Å²) in [5.41, 5.74) is 2.40. The minimum atomic E-state index is 0.636. The van der Waals surface area contributed by atoms with Crippen LogP contribution in [-0.2, 0) is 0 Å². The van der Waals surface area contributed by atoms with E-state index in [1.165, 1.54) is 11.4 Å². The number of hydrogen-bond donors (Lipinski definition) is 0. The van der Waals surface area contributed by atoms with Gasteiger partial charge in [-0.3, -0.25) is 0 Å². The second-order valence-corrected chi connectivity index (χ2v) is 4.44. The number of rotatable bonds is 6. The topological polar surface area (TPSA) is 27.0 Å². The molecule has 2 aromatic rings. The van der Waals surface area contributed by atoms with Gasteiger partial charge in [0, 0.05) is 24.3 Å². The van der Waals surface area contributed by atoms with Crippen molar-refractivity contribution >= 4 is 11.4 Å². The normalized spacial score (nSPS) is 9.84. The summed E-state index contributed by atoms with van der Waals surface area (Å²) in [5.74, 6) is 0. The number of hydrogen-bond acceptors (Lipinski definition) is 2. The van der Waals surface area contributed by atoms with Gasteiger partial charge in [0.15, 0.2) is 0 Å². The first-order valence-electron chi connectivity index (χ1n) is 6.66. The zero-order valence-corrected chi connectivity index (χ0v) is 11.0. The highest BCUT2D eigenvalue weighted by Crippen LogP contribution is 2.25. The van der Waals surface area contributed by atoms with Crippen LogP contribution in [0, 0.1) is 11.3 Å². The summed E-state index contributed by atoms with van der Waals surface area (Å²) in [6.07, 6.45) is 2.61. The summed E-state index contributed by atoms with van der Waals surface area (Å²) < 4.78 is 0. The monoisotopic (exact) mass is 250 g/mol. The predicted molar refractivity (Wildman–Crippen MR) is 79.4 cm³/mol. The van der Waals surface area contributed by atoms with Gasteiger partial charge in [-0.25, -0.2) is 0 Å². The third kappa shape index (κ3) is 3.86. The lowest BCUT2D eigenvalue weighted by Crippen LogP contribution is -2.18. The van der Waals surface area contributed by atoms with Crippen LogP contribution in [0.2, 0.25) is 0 Å². The maximum Gasteiger partial charge on any atom is 0.0621 e. The fourth-order valence-electron chi connectivity index (χ4n) is 2.10. The number of nitrogens with zero attached hydrogens (tertiary/aromatic N) is 2. The maximum atomic E-state index is 8.60. The zero-order valence-electron chi connectivity index (χ0n) is 11.0. The van der Waals surface area contributed by atoms with E-state index in [-0.39, 0.29) is 0 Å². The van der Waals surface area contributed by atoms with E-state index in [0.717, 1.165) is 19.4 Å². The lowest BCUT2D eigenvalue weighted by Gasteiger charge is -2.25. The Kier molecular flexibility index (Phi) is 5.01. The van der Waals surface area contributed by atoms with Crippen LogP contribution in [0.1, 0.15) is 19.3 Å². The number of para-hydroxylation sites is 2. The van der Waals surface area contributed by atoms with Crippen molar-refractivity contribution in [2.24, 2.45) is 0 Å². The highest BCUT2D eigenvalue weighted by Gasteiger charge is 2.07. The summed E-state index contributed by atoms with van der Waals surface area (Å²) in [7, 11) is 0. The van der Waals surface area contributed by atoms with E-state index >= 15 is 0 Å². The number of nitriles is 1. The maximum absolute atomic E-state index is 8.60. The molecule has 0 saturated heterocycles. The molecule has 0 saturated carbocycles. The molecule has 0 amide bonds. The van der Waals surface area contributed by atoms with Crippen LogP contribution in [0.25, 0.3) is 0 Å². The molecule has 2 aromatic carbocycles. The van der Waals surface area contributed by atoms with E-state index in [0.29, 0.717) is 6.42 Å². The van der Waals surface area contributed by atoms with Gasteiger partial charge in [0.2, 0.25) is 0 Å². The van der Waals surface area contributed by atoms with Gasteiger partial charge >= 0.3 is 0 Å². The molecule has 2 nitrogen and oxygen atoms in total. The summed E-state index contributed by atoms with van der Waals surface area (Å²) in [4.78, 5) is 2.30. The SMILES string of the molecule is N#CCCCCN(c1ccccc1)c1ccccc1. The zero-order chi connectivity index (χ0) is 13.3. The Morgan fingerprint density at radius 3 is 1.79 bits per heavy atom. The lowest BCUT2D eigenvalue weighted by atomic mass is 10.2. The van der Waals surface area contributed by atoms with E-state index in [9.17, 15) is 0 Å². The van der Waals surface area contributed by atoms with Crippen LogP contribution in [0.5, 0.6) is 0 Å². The Hall–Kier alpha value is -2.27. The molecule has 2 heteroatoms. The first kappa shape index (κ1) is 13.2. The highest BCUT2D eigenvalue weighted by molar-refractivity contribution is 5.62. The number of anilines is 2. The molecular formula is C17H18N2. The second kappa shape index (κ2) is 7.23. The third-order valence-corrected chi connectivity index (χ3v) is 3.06. The Balaban J connectivity index is 2.13. The molecule has 0 aliphatic carbocycles. The predicted octanol–water partition coefficient (Wildman–Crippen LogP) is 4.52. The van der Waals surface area contributed by atoms with Gasteiger partial charge in [-0.2, -0.15) is 5.26 Å². The van der Waals surface area contributed by atoms with Crippen molar-refractivity contribution in [1.29, 1.82) is 5.26 Å². The first-order valence-corrected chi connectivity index (χ1v) is 6.66. The molecule has 96 valence electrons. The standard InChI is InChI=1S/C17H18N2/c18-14-8-3-9-15-19(16-10-4-1-5-11-16)17-12-6-2-7-13-17/h1-2,4-7,10-13H,3,8-9,15H2. The molecule has 19 heavy (non-hydrogen) atoms. The fraction of sp³-hybridized carbons (Fsp3) is 0.235. The molecule has 0 aromatic heterocycles. The molecule has 0 fully saturated rings. The van der Waals surface area contributed by atoms with E-state index in [1.54, 1.807) is 0 Å². The highest BCUT2D eigenvalue weighted by atomic mass is 15.1. The molecule has 0 bridgehead atoms. The average molecular weight is 250 g/mol. The summed E-state index contributed by atoms with van der Waals surface area (Å²) >= 11 is 0. The van der Waals surface area contributed by atoms with Crippen molar-refractivity contribution in [2.45, 2.75) is 19.3 Å².